The van der Waals surface area contributed by atoms with Crippen LogP contribution in [0.4, 0.5) is 0 Å². The number of likely N-dealkylation sites (N-methyl/N-ethyl adjacent to an activating group) is 1. The van der Waals surface area contributed by atoms with Crippen LogP contribution >= 0.6 is 0 Å². The maximum absolute atomic E-state index is 13.8. The standard InChI is InChI=1S/C32H56N6O8.C7H8.C3H8/c1-7-20(2)28(36(4)27(41)19-34-32(43)29-22-10-11-23(17-22)37(29)15-12-35-44)25(45-5)18-26(40)38-14-8-9-24(38)30(46-6)21(3)31(42)33-13-16-39;1-7-5-3-2-4-6-7;1-3-2/h20-25,28-30,39H,7-19H2,1-6H3,(H,33,42)(H,34,43);2-6H,1H3;3H2,1-2H3. The Morgan fingerprint density at radius 3 is 2.25 bits per heavy atom. The lowest BCUT2D eigenvalue weighted by atomic mass is 9.90. The molecule has 2 bridgehead atoms. The van der Waals surface area contributed by atoms with Gasteiger partial charge in [-0.2, -0.15) is 4.91 Å². The zero-order valence-electron chi connectivity index (χ0n) is 35.6. The van der Waals surface area contributed by atoms with E-state index in [1.165, 1.54) is 26.2 Å². The van der Waals surface area contributed by atoms with E-state index in [1.54, 1.807) is 23.8 Å². The molecular formula is C42H72N6O8. The number of fused-ring (bicyclic) bond motifs is 2. The van der Waals surface area contributed by atoms with Crippen LogP contribution in [-0.4, -0.2) is 140 Å². The molecule has 3 aliphatic rings. The van der Waals surface area contributed by atoms with E-state index in [9.17, 15) is 24.1 Å². The highest BCUT2D eigenvalue weighted by Crippen LogP contribution is 2.42. The lowest BCUT2D eigenvalue weighted by Gasteiger charge is -2.39. The van der Waals surface area contributed by atoms with Gasteiger partial charge in [-0.25, -0.2) is 0 Å². The largest absolute Gasteiger partial charge is 0.395 e. The number of nitroso groups, excluding NO2 is 1. The Labute approximate surface area is 335 Å². The zero-order chi connectivity index (χ0) is 41.8. The Kier molecular flexibility index (Phi) is 22.4. The number of nitrogens with zero attached hydrogens (tertiary/aromatic N) is 4. The molecule has 14 heteroatoms. The predicted molar refractivity (Wildman–Crippen MR) is 219 cm³/mol. The van der Waals surface area contributed by atoms with Crippen molar-refractivity contribution in [1.82, 2.24) is 25.3 Å². The molecule has 4 amide bonds. The molecule has 0 spiro atoms. The Morgan fingerprint density at radius 1 is 1.02 bits per heavy atom. The van der Waals surface area contributed by atoms with E-state index in [4.69, 9.17) is 14.6 Å². The van der Waals surface area contributed by atoms with E-state index in [0.717, 1.165) is 32.1 Å². The third-order valence-electron chi connectivity index (χ3n) is 11.5. The van der Waals surface area contributed by atoms with Crippen LogP contribution in [0.25, 0.3) is 0 Å². The van der Waals surface area contributed by atoms with Crippen LogP contribution in [0, 0.1) is 29.6 Å². The van der Waals surface area contributed by atoms with Crippen molar-refractivity contribution in [3.05, 3.63) is 40.8 Å². The van der Waals surface area contributed by atoms with Gasteiger partial charge in [-0.1, -0.05) is 88.5 Å². The number of piperidine rings is 1. The minimum atomic E-state index is -0.600. The monoisotopic (exact) mass is 789 g/mol. The molecule has 1 aliphatic carbocycles. The normalized spacial score (nSPS) is 22.6. The number of aliphatic hydroxyl groups is 1. The van der Waals surface area contributed by atoms with Gasteiger partial charge in [0, 0.05) is 46.9 Å². The SMILES string of the molecule is CCC.CCC(C)C(C(CC(=O)N1CCCC1C(OC)C(C)C(=O)NCCO)OC)N(C)C(=O)CNC(=O)C1C2CCC(C2)N1CCN=O.Cc1ccccc1. The summed E-state index contributed by atoms with van der Waals surface area (Å²) in [7, 11) is 4.76. The number of aryl methyl sites for hydroxylation is 1. The average molecular weight is 789 g/mol. The fraction of sp³-hybridized carbons (Fsp3) is 0.762. The summed E-state index contributed by atoms with van der Waals surface area (Å²) in [5.74, 6) is -1.19. The number of nitrogens with one attached hydrogen (secondary N) is 2. The lowest BCUT2D eigenvalue weighted by molar-refractivity contribution is -0.146. The highest BCUT2D eigenvalue weighted by molar-refractivity contribution is 5.88. The molecule has 1 saturated carbocycles. The summed E-state index contributed by atoms with van der Waals surface area (Å²) in [6.07, 6.45) is 5.26. The highest BCUT2D eigenvalue weighted by Gasteiger charge is 2.49. The second-order valence-corrected chi connectivity index (χ2v) is 15.5. The Balaban J connectivity index is 0.000000946. The second kappa shape index (κ2) is 25.7. The van der Waals surface area contributed by atoms with Gasteiger partial charge in [-0.05, 0) is 50.9 Å². The predicted octanol–water partition coefficient (Wildman–Crippen LogP) is 4.16. The molecule has 1 aromatic rings. The Bertz CT molecular complexity index is 1340. The summed E-state index contributed by atoms with van der Waals surface area (Å²) in [6.45, 7) is 13.0. The third-order valence-corrected chi connectivity index (χ3v) is 11.5. The van der Waals surface area contributed by atoms with Crippen molar-refractivity contribution >= 4 is 23.6 Å². The van der Waals surface area contributed by atoms with E-state index in [2.05, 4.69) is 53.6 Å². The van der Waals surface area contributed by atoms with Gasteiger partial charge < -0.3 is 35.0 Å². The summed E-state index contributed by atoms with van der Waals surface area (Å²) in [4.78, 5) is 69.4. The van der Waals surface area contributed by atoms with Crippen LogP contribution in [0.1, 0.15) is 91.5 Å². The fourth-order valence-corrected chi connectivity index (χ4v) is 8.51. The lowest BCUT2D eigenvalue weighted by Crippen LogP contribution is -2.55. The number of likely N-dealkylation sites (tertiary alicyclic amines) is 2. The highest BCUT2D eigenvalue weighted by atomic mass is 16.5. The van der Waals surface area contributed by atoms with Crippen molar-refractivity contribution in [2.24, 2.45) is 22.9 Å². The molecular weight excluding hydrogens is 716 g/mol. The smallest absolute Gasteiger partial charge is 0.242 e. The van der Waals surface area contributed by atoms with E-state index in [1.807, 2.05) is 32.0 Å². The van der Waals surface area contributed by atoms with E-state index < -0.39 is 24.2 Å². The molecule has 3 fully saturated rings. The van der Waals surface area contributed by atoms with Gasteiger partial charge >= 0.3 is 0 Å². The molecule has 2 saturated heterocycles. The summed E-state index contributed by atoms with van der Waals surface area (Å²) < 4.78 is 11.6. The minimum Gasteiger partial charge on any atom is -0.395 e. The van der Waals surface area contributed by atoms with Crippen LogP contribution in [0.5, 0.6) is 0 Å². The second-order valence-electron chi connectivity index (χ2n) is 15.5. The first-order chi connectivity index (χ1) is 26.8. The Morgan fingerprint density at radius 2 is 1.70 bits per heavy atom. The molecule has 0 radical (unpaired) electrons. The number of hydrogen-bond acceptors (Lipinski definition) is 10. The Hall–Kier alpha value is -3.46. The first-order valence-electron chi connectivity index (χ1n) is 20.7. The number of benzene rings is 1. The number of carbonyl (C=O) groups excluding carboxylic acids is 4. The van der Waals surface area contributed by atoms with Crippen molar-refractivity contribution in [3.8, 4) is 0 Å². The molecule has 3 N–H and O–H groups in total. The topological polar surface area (TPSA) is 170 Å². The minimum absolute atomic E-state index is 0.00403. The fourth-order valence-electron chi connectivity index (χ4n) is 8.51. The molecule has 2 aliphatic heterocycles. The molecule has 56 heavy (non-hydrogen) atoms. The number of ether oxygens (including phenoxy) is 2. The summed E-state index contributed by atoms with van der Waals surface area (Å²) >= 11 is 0. The first kappa shape index (κ1) is 48.7. The van der Waals surface area contributed by atoms with E-state index in [0.29, 0.717) is 19.5 Å². The quantitative estimate of drug-likeness (QED) is 0.174. The molecule has 0 aromatic heterocycles. The van der Waals surface area contributed by atoms with Gasteiger partial charge in [-0.3, -0.25) is 24.1 Å². The molecule has 14 nitrogen and oxygen atoms in total. The first-order valence-corrected chi connectivity index (χ1v) is 20.7. The summed E-state index contributed by atoms with van der Waals surface area (Å²) in [5.41, 5.74) is 1.32. The summed E-state index contributed by atoms with van der Waals surface area (Å²) in [5, 5.41) is 17.6. The number of amides is 4. The molecule has 4 rings (SSSR count). The van der Waals surface area contributed by atoms with Crippen molar-refractivity contribution in [1.29, 1.82) is 0 Å². The van der Waals surface area contributed by atoms with Crippen LogP contribution in [0.15, 0.2) is 35.5 Å². The van der Waals surface area contributed by atoms with Gasteiger partial charge in [0.25, 0.3) is 0 Å². The number of carbonyl (C=O) groups is 4. The van der Waals surface area contributed by atoms with Crippen molar-refractivity contribution in [3.63, 3.8) is 0 Å². The average Bonchev–Trinajstić information content (AvgIpc) is 3.96. The van der Waals surface area contributed by atoms with Gasteiger partial charge in [-0.15, -0.1) is 0 Å². The van der Waals surface area contributed by atoms with E-state index in [-0.39, 0.29) is 86.3 Å². The van der Waals surface area contributed by atoms with Gasteiger partial charge in [0.2, 0.25) is 23.6 Å². The number of hydrogen-bond donors (Lipinski definition) is 3. The van der Waals surface area contributed by atoms with Gasteiger partial charge in [0.15, 0.2) is 0 Å². The van der Waals surface area contributed by atoms with Crippen molar-refractivity contribution in [2.75, 3.05) is 60.6 Å². The molecule has 9 unspecified atom stereocenters. The number of aliphatic hydroxyl groups excluding tert-OH is 1. The van der Waals surface area contributed by atoms with Crippen molar-refractivity contribution < 1.29 is 33.8 Å². The third kappa shape index (κ3) is 13.9. The van der Waals surface area contributed by atoms with Crippen molar-refractivity contribution in [2.45, 2.75) is 129 Å². The number of rotatable bonds is 19. The molecule has 1 aromatic carbocycles. The molecule has 318 valence electrons. The van der Waals surface area contributed by atoms with Crippen LogP contribution in [0.2, 0.25) is 0 Å². The van der Waals surface area contributed by atoms with E-state index >= 15 is 0 Å². The van der Waals surface area contributed by atoms with Crippen LogP contribution < -0.4 is 10.6 Å². The van der Waals surface area contributed by atoms with Crippen LogP contribution in [-0.2, 0) is 28.7 Å². The van der Waals surface area contributed by atoms with Gasteiger partial charge in [0.1, 0.15) is 0 Å². The molecule has 9 atom stereocenters. The van der Waals surface area contributed by atoms with Gasteiger partial charge in [0.05, 0.1) is 62.4 Å². The van der Waals surface area contributed by atoms with Crippen LogP contribution in [0.3, 0.4) is 0 Å². The summed E-state index contributed by atoms with van der Waals surface area (Å²) in [6, 6.07) is 9.45. The molecule has 2 heterocycles. The maximum atomic E-state index is 13.8. The zero-order valence-corrected chi connectivity index (χ0v) is 35.6. The number of methoxy groups -OCH3 is 2. The maximum Gasteiger partial charge on any atom is 0.242 e.